The maximum Gasteiger partial charge on any atom is 0.332 e. The fraction of sp³-hybridized carbons (Fsp3) is 0.458. The van der Waals surface area contributed by atoms with Crippen molar-refractivity contribution in [3.05, 3.63) is 141 Å². The van der Waals surface area contributed by atoms with Crippen LogP contribution in [0.15, 0.2) is 109 Å². The van der Waals surface area contributed by atoms with Gasteiger partial charge in [-0.15, -0.1) is 24.8 Å². The highest BCUT2D eigenvalue weighted by atomic mass is 35.5. The standard InChI is InChI=1S/2C24H31ClN2O4.2ClH/c1-19(28)17-31-23(29)18-30-16-15-26-11-13-27(14-12-26)24(20-5-3-2-4-6-20)21-7-9-22(25)10-8-21;1-19(17-28)31-23(29)18-30-16-15-26-11-13-27(14-12-26)24(20-5-3-2-4-6-20)21-7-9-22(25)10-8-21;;/h2*2-10,19,24,28H,11-18H2,1H3;2*1H. The van der Waals surface area contributed by atoms with Crippen LogP contribution in [0.2, 0.25) is 10.0 Å². The van der Waals surface area contributed by atoms with Gasteiger partial charge in [0, 0.05) is 75.5 Å². The van der Waals surface area contributed by atoms with E-state index in [1.807, 2.05) is 36.4 Å². The molecule has 0 spiro atoms. The highest BCUT2D eigenvalue weighted by Gasteiger charge is 2.28. The zero-order valence-electron chi connectivity index (χ0n) is 36.7. The van der Waals surface area contributed by atoms with Gasteiger partial charge in [-0.1, -0.05) is 108 Å². The minimum Gasteiger partial charge on any atom is -0.461 e. The number of carbonyl (C=O) groups is 2. The summed E-state index contributed by atoms with van der Waals surface area (Å²) in [7, 11) is 0. The number of benzene rings is 4. The third kappa shape index (κ3) is 18.9. The predicted molar refractivity (Wildman–Crippen MR) is 257 cm³/mol. The highest BCUT2D eigenvalue weighted by Crippen LogP contribution is 2.32. The van der Waals surface area contributed by atoms with Gasteiger partial charge in [0.1, 0.15) is 25.9 Å². The van der Waals surface area contributed by atoms with E-state index < -0.39 is 24.1 Å². The summed E-state index contributed by atoms with van der Waals surface area (Å²) in [6.07, 6.45) is -1.16. The Morgan fingerprint density at radius 2 is 0.953 bits per heavy atom. The maximum atomic E-state index is 11.6. The molecule has 0 saturated carbocycles. The number of carbonyl (C=O) groups excluding carboxylic acids is 2. The van der Waals surface area contributed by atoms with Crippen molar-refractivity contribution in [2.45, 2.75) is 38.1 Å². The number of ether oxygens (including phenoxy) is 4. The van der Waals surface area contributed by atoms with Gasteiger partial charge in [0.25, 0.3) is 0 Å². The predicted octanol–water partition coefficient (Wildman–Crippen LogP) is 6.82. The molecule has 64 heavy (non-hydrogen) atoms. The Morgan fingerprint density at radius 3 is 1.33 bits per heavy atom. The van der Waals surface area contributed by atoms with Gasteiger partial charge in [-0.05, 0) is 60.4 Å². The number of rotatable bonds is 20. The van der Waals surface area contributed by atoms with Gasteiger partial charge in [-0.25, -0.2) is 9.59 Å². The van der Waals surface area contributed by atoms with Crippen LogP contribution in [0.4, 0.5) is 0 Å². The minimum atomic E-state index is -0.659. The van der Waals surface area contributed by atoms with E-state index in [9.17, 15) is 9.59 Å². The lowest BCUT2D eigenvalue weighted by Crippen LogP contribution is -2.48. The average molecular weight is 967 g/mol. The first-order valence-electron chi connectivity index (χ1n) is 21.4. The molecule has 6 rings (SSSR count). The van der Waals surface area contributed by atoms with Gasteiger partial charge in [0.05, 0.1) is 38.0 Å². The fourth-order valence-electron chi connectivity index (χ4n) is 7.53. The first-order valence-corrected chi connectivity index (χ1v) is 22.2. The van der Waals surface area contributed by atoms with E-state index in [2.05, 4.69) is 92.4 Å². The molecule has 4 atom stereocenters. The number of aliphatic hydroxyl groups excluding tert-OH is 2. The Morgan fingerprint density at radius 1 is 0.578 bits per heavy atom. The molecule has 2 aliphatic rings. The van der Waals surface area contributed by atoms with E-state index >= 15 is 0 Å². The molecule has 0 amide bonds. The monoisotopic (exact) mass is 964 g/mol. The molecular formula is C48H64Cl4N4O8. The molecule has 16 heteroatoms. The number of aliphatic hydroxyl groups is 2. The van der Waals surface area contributed by atoms with Gasteiger partial charge in [-0.3, -0.25) is 19.6 Å². The largest absolute Gasteiger partial charge is 0.461 e. The van der Waals surface area contributed by atoms with Crippen LogP contribution in [-0.2, 0) is 28.5 Å². The van der Waals surface area contributed by atoms with Crippen molar-refractivity contribution in [2.24, 2.45) is 0 Å². The molecule has 2 heterocycles. The minimum absolute atomic E-state index is 0. The van der Waals surface area contributed by atoms with Crippen LogP contribution in [0.25, 0.3) is 0 Å². The second-order valence-corrected chi connectivity index (χ2v) is 16.5. The van der Waals surface area contributed by atoms with Crippen LogP contribution in [0.1, 0.15) is 48.2 Å². The molecule has 4 aromatic rings. The summed E-state index contributed by atoms with van der Waals surface area (Å²) in [4.78, 5) is 32.8. The van der Waals surface area contributed by atoms with Gasteiger partial charge in [0.2, 0.25) is 0 Å². The van der Waals surface area contributed by atoms with Crippen molar-refractivity contribution >= 4 is 60.0 Å². The zero-order valence-corrected chi connectivity index (χ0v) is 39.9. The van der Waals surface area contributed by atoms with Crippen molar-refractivity contribution < 1.29 is 38.7 Å². The van der Waals surface area contributed by atoms with Crippen LogP contribution < -0.4 is 0 Å². The molecule has 0 aromatic heterocycles. The van der Waals surface area contributed by atoms with Crippen molar-refractivity contribution in [1.82, 2.24) is 19.6 Å². The lowest BCUT2D eigenvalue weighted by Gasteiger charge is -2.39. The van der Waals surface area contributed by atoms with Crippen molar-refractivity contribution in [2.75, 3.05) is 105 Å². The Kier molecular flexibility index (Phi) is 25.8. The van der Waals surface area contributed by atoms with Crippen LogP contribution >= 0.6 is 48.0 Å². The van der Waals surface area contributed by atoms with Crippen molar-refractivity contribution in [1.29, 1.82) is 0 Å². The summed E-state index contributed by atoms with van der Waals surface area (Å²) in [6, 6.07) is 37.7. The summed E-state index contributed by atoms with van der Waals surface area (Å²) < 4.78 is 20.7. The number of nitrogens with zero attached hydrogens (tertiary/aromatic N) is 4. The molecule has 2 N–H and O–H groups in total. The van der Waals surface area contributed by atoms with E-state index in [-0.39, 0.29) is 63.3 Å². The Labute approximate surface area is 401 Å². The molecule has 4 unspecified atom stereocenters. The highest BCUT2D eigenvalue weighted by molar-refractivity contribution is 6.30. The molecule has 0 bridgehead atoms. The lowest BCUT2D eigenvalue weighted by atomic mass is 9.96. The van der Waals surface area contributed by atoms with Crippen molar-refractivity contribution in [3.8, 4) is 0 Å². The summed E-state index contributed by atoms with van der Waals surface area (Å²) in [6.45, 7) is 12.9. The number of hydrogen-bond donors (Lipinski definition) is 2. The number of esters is 2. The van der Waals surface area contributed by atoms with Gasteiger partial charge in [0.15, 0.2) is 0 Å². The van der Waals surface area contributed by atoms with E-state index in [0.29, 0.717) is 13.2 Å². The molecular weight excluding hydrogens is 902 g/mol. The third-order valence-electron chi connectivity index (χ3n) is 10.8. The first-order chi connectivity index (χ1) is 30.1. The molecule has 0 aliphatic carbocycles. The molecule has 2 aliphatic heterocycles. The quantitative estimate of drug-likeness (QED) is 0.0714. The second-order valence-electron chi connectivity index (χ2n) is 15.6. The Bertz CT molecular complexity index is 1870. The summed E-state index contributed by atoms with van der Waals surface area (Å²) in [5.74, 6) is -0.889. The molecule has 2 fully saturated rings. The second kappa shape index (κ2) is 30.0. The van der Waals surface area contributed by atoms with Gasteiger partial charge >= 0.3 is 11.9 Å². The van der Waals surface area contributed by atoms with Gasteiger partial charge < -0.3 is 29.2 Å². The van der Waals surface area contributed by atoms with E-state index in [0.717, 1.165) is 75.5 Å². The summed E-state index contributed by atoms with van der Waals surface area (Å²) >= 11 is 12.2. The molecule has 0 radical (unpaired) electrons. The average Bonchev–Trinajstić information content (AvgIpc) is 3.29. The Balaban J connectivity index is 0.000000330. The molecule has 2 saturated heterocycles. The number of piperazine rings is 2. The van der Waals surface area contributed by atoms with Crippen LogP contribution in [0, 0.1) is 0 Å². The van der Waals surface area contributed by atoms with Crippen LogP contribution in [0.3, 0.4) is 0 Å². The van der Waals surface area contributed by atoms with E-state index in [1.165, 1.54) is 22.3 Å². The van der Waals surface area contributed by atoms with E-state index in [1.54, 1.807) is 13.8 Å². The zero-order chi connectivity index (χ0) is 44.1. The molecule has 4 aromatic carbocycles. The normalized spacial score (nSPS) is 16.7. The number of halogens is 4. The maximum absolute atomic E-state index is 11.6. The third-order valence-corrected chi connectivity index (χ3v) is 11.3. The number of hydrogen-bond acceptors (Lipinski definition) is 12. The summed E-state index contributed by atoms with van der Waals surface area (Å²) in [5, 5.41) is 19.5. The van der Waals surface area contributed by atoms with E-state index in [4.69, 9.17) is 52.4 Å². The van der Waals surface area contributed by atoms with Crippen LogP contribution in [-0.4, -0.2) is 159 Å². The topological polar surface area (TPSA) is 124 Å². The first kappa shape index (κ1) is 55.0. The SMILES string of the molecule is CC(CO)OC(=O)COCCN1CCN(C(c2ccccc2)c2ccc(Cl)cc2)CC1.CC(O)COC(=O)COCCN1CCN(C(c2ccccc2)c2ccc(Cl)cc2)CC1.Cl.Cl. The summed E-state index contributed by atoms with van der Waals surface area (Å²) in [5.41, 5.74) is 5.03. The molecule has 12 nitrogen and oxygen atoms in total. The fourth-order valence-corrected chi connectivity index (χ4v) is 7.78. The Hall–Kier alpha value is -3.34. The van der Waals surface area contributed by atoms with Crippen LogP contribution in [0.5, 0.6) is 0 Å². The lowest BCUT2D eigenvalue weighted by molar-refractivity contribution is -0.155. The smallest absolute Gasteiger partial charge is 0.332 e. The van der Waals surface area contributed by atoms with Crippen molar-refractivity contribution in [3.63, 3.8) is 0 Å². The van der Waals surface area contributed by atoms with Gasteiger partial charge in [-0.2, -0.15) is 0 Å². The molecule has 352 valence electrons.